The number of carbonyl (C=O) groups is 1. The maximum atomic E-state index is 12.8. The number of amides is 1. The molecule has 0 aliphatic carbocycles. The smallest absolute Gasteiger partial charge is 0.349 e. The van der Waals surface area contributed by atoms with E-state index >= 15 is 0 Å². The maximum absolute atomic E-state index is 12.8. The summed E-state index contributed by atoms with van der Waals surface area (Å²) in [7, 11) is 0. The Morgan fingerprint density at radius 2 is 2.00 bits per heavy atom. The van der Waals surface area contributed by atoms with Crippen LogP contribution in [0.4, 0.5) is 18.9 Å². The van der Waals surface area contributed by atoms with Crippen molar-refractivity contribution in [3.63, 3.8) is 0 Å². The number of nitrogens with one attached hydrogen (secondary N) is 1. The van der Waals surface area contributed by atoms with Crippen LogP contribution in [0.2, 0.25) is 0 Å². The van der Waals surface area contributed by atoms with Crippen LogP contribution < -0.4 is 16.0 Å². The molecule has 3 N–H and O–H groups in total. The Labute approximate surface area is 165 Å². The number of anilines is 1. The van der Waals surface area contributed by atoms with Crippen molar-refractivity contribution in [2.75, 3.05) is 11.4 Å². The zero-order chi connectivity index (χ0) is 21.4. The number of nitrogens with zero attached hydrogens (tertiary/aromatic N) is 4. The molecule has 0 unspecified atom stereocenters. The number of aromatic nitrogens is 2. The molecule has 1 aromatic heterocycles. The van der Waals surface area contributed by atoms with Crippen LogP contribution in [-0.4, -0.2) is 40.8 Å². The fraction of sp³-hybridized carbons (Fsp3) is 0.474. The second-order valence-corrected chi connectivity index (χ2v) is 7.87. The SMILES string of the molecule is CC1(C)CC[C@H](NC(=O)[C@@H](N)C(F)(F)F)N(c2ccc(C#N)c3nccnc23)C1. The minimum atomic E-state index is -4.82. The average Bonchev–Trinajstić information content (AvgIpc) is 2.67. The number of fused-ring (bicyclic) bond motifs is 1. The van der Waals surface area contributed by atoms with Gasteiger partial charge in [-0.05, 0) is 30.4 Å². The lowest BCUT2D eigenvalue weighted by Gasteiger charge is -2.45. The molecule has 154 valence electrons. The van der Waals surface area contributed by atoms with Crippen molar-refractivity contribution in [3.8, 4) is 6.07 Å². The lowest BCUT2D eigenvalue weighted by atomic mass is 9.82. The molecule has 1 amide bonds. The molecule has 0 radical (unpaired) electrons. The molecule has 29 heavy (non-hydrogen) atoms. The molecule has 1 fully saturated rings. The van der Waals surface area contributed by atoms with Gasteiger partial charge in [0, 0.05) is 18.9 Å². The molecule has 3 rings (SSSR count). The topological polar surface area (TPSA) is 108 Å². The summed E-state index contributed by atoms with van der Waals surface area (Å²) in [6.07, 6.45) is -1.43. The molecule has 1 aliphatic heterocycles. The molecule has 2 heterocycles. The molecule has 2 aromatic rings. The van der Waals surface area contributed by atoms with E-state index in [9.17, 15) is 23.2 Å². The van der Waals surface area contributed by atoms with Crippen molar-refractivity contribution in [3.05, 3.63) is 30.1 Å². The van der Waals surface area contributed by atoms with Gasteiger partial charge >= 0.3 is 6.18 Å². The van der Waals surface area contributed by atoms with Crippen LogP contribution in [0.3, 0.4) is 0 Å². The second-order valence-electron chi connectivity index (χ2n) is 7.87. The van der Waals surface area contributed by atoms with E-state index in [0.29, 0.717) is 41.7 Å². The maximum Gasteiger partial charge on any atom is 0.412 e. The fourth-order valence-electron chi connectivity index (χ4n) is 3.50. The van der Waals surface area contributed by atoms with E-state index < -0.39 is 24.3 Å². The second kappa shape index (κ2) is 7.48. The summed E-state index contributed by atoms with van der Waals surface area (Å²) < 4.78 is 38.5. The van der Waals surface area contributed by atoms with Crippen LogP contribution in [0, 0.1) is 16.7 Å². The first-order valence-electron chi connectivity index (χ1n) is 9.07. The number of alkyl halides is 3. The molecule has 1 aromatic carbocycles. The number of benzene rings is 1. The highest BCUT2D eigenvalue weighted by Gasteiger charge is 2.44. The first-order valence-corrected chi connectivity index (χ1v) is 9.07. The molecule has 2 atom stereocenters. The van der Waals surface area contributed by atoms with Crippen molar-refractivity contribution >= 4 is 22.6 Å². The number of piperidine rings is 1. The zero-order valence-electron chi connectivity index (χ0n) is 16.0. The summed E-state index contributed by atoms with van der Waals surface area (Å²) in [5.41, 5.74) is 6.69. The summed E-state index contributed by atoms with van der Waals surface area (Å²) in [5, 5.41) is 11.8. The van der Waals surface area contributed by atoms with Gasteiger partial charge in [-0.15, -0.1) is 0 Å². The molecule has 0 bridgehead atoms. The molecule has 1 aliphatic rings. The predicted molar refractivity (Wildman–Crippen MR) is 101 cm³/mol. The van der Waals surface area contributed by atoms with Crippen LogP contribution in [0.5, 0.6) is 0 Å². The van der Waals surface area contributed by atoms with Gasteiger partial charge in [-0.3, -0.25) is 14.8 Å². The Balaban J connectivity index is 2.01. The minimum absolute atomic E-state index is 0.143. The van der Waals surface area contributed by atoms with Crippen LogP contribution in [0.25, 0.3) is 11.0 Å². The molecule has 7 nitrogen and oxygen atoms in total. The highest BCUT2D eigenvalue weighted by Crippen LogP contribution is 2.37. The third kappa shape index (κ3) is 4.24. The number of carbonyl (C=O) groups excluding carboxylic acids is 1. The van der Waals surface area contributed by atoms with E-state index in [1.165, 1.54) is 12.4 Å². The van der Waals surface area contributed by atoms with Crippen molar-refractivity contribution in [1.29, 1.82) is 5.26 Å². The average molecular weight is 406 g/mol. The van der Waals surface area contributed by atoms with Gasteiger partial charge in [0.2, 0.25) is 5.91 Å². The fourth-order valence-corrected chi connectivity index (χ4v) is 3.50. The molecular weight excluding hydrogens is 385 g/mol. The van der Waals surface area contributed by atoms with E-state index in [0.717, 1.165) is 0 Å². The molecule has 10 heteroatoms. The van der Waals surface area contributed by atoms with E-state index in [2.05, 4.69) is 21.4 Å². The van der Waals surface area contributed by atoms with E-state index in [1.807, 2.05) is 18.7 Å². The lowest BCUT2D eigenvalue weighted by Crippen LogP contribution is -2.60. The highest BCUT2D eigenvalue weighted by molar-refractivity contribution is 5.92. The Morgan fingerprint density at radius 1 is 1.34 bits per heavy atom. The summed E-state index contributed by atoms with van der Waals surface area (Å²) >= 11 is 0. The normalized spacial score (nSPS) is 20.2. The first kappa shape index (κ1) is 20.8. The predicted octanol–water partition coefficient (Wildman–Crippen LogP) is 2.46. The van der Waals surface area contributed by atoms with Crippen molar-refractivity contribution < 1.29 is 18.0 Å². The van der Waals surface area contributed by atoms with E-state index in [-0.39, 0.29) is 5.41 Å². The monoisotopic (exact) mass is 406 g/mol. The van der Waals surface area contributed by atoms with Gasteiger partial charge in [-0.1, -0.05) is 13.8 Å². The van der Waals surface area contributed by atoms with Crippen LogP contribution >= 0.6 is 0 Å². The first-order chi connectivity index (χ1) is 13.5. The number of hydrogen-bond donors (Lipinski definition) is 2. The summed E-state index contributed by atoms with van der Waals surface area (Å²) in [6.45, 7) is 4.55. The largest absolute Gasteiger partial charge is 0.412 e. The van der Waals surface area contributed by atoms with Gasteiger partial charge in [0.05, 0.1) is 11.3 Å². The standard InChI is InChI=1S/C19H21F3N6O/c1-18(2)6-5-13(27-17(29)16(24)19(20,21)22)28(10-18)12-4-3-11(9-23)14-15(12)26-8-7-25-14/h3-4,7-8,13,16H,5-6,10,24H2,1-2H3,(H,27,29)/t13-,16-/m1/s1. The molecule has 0 spiro atoms. The van der Waals surface area contributed by atoms with Crippen LogP contribution in [0.1, 0.15) is 32.3 Å². The van der Waals surface area contributed by atoms with Gasteiger partial charge in [-0.2, -0.15) is 18.4 Å². The summed E-state index contributed by atoms with van der Waals surface area (Å²) in [5.74, 6) is -1.28. The van der Waals surface area contributed by atoms with Crippen LogP contribution in [-0.2, 0) is 4.79 Å². The van der Waals surface area contributed by atoms with Gasteiger partial charge in [0.25, 0.3) is 0 Å². The Kier molecular flexibility index (Phi) is 5.36. The van der Waals surface area contributed by atoms with Gasteiger partial charge < -0.3 is 16.0 Å². The zero-order valence-corrected chi connectivity index (χ0v) is 16.0. The van der Waals surface area contributed by atoms with Crippen molar-refractivity contribution in [2.45, 2.75) is 45.1 Å². The van der Waals surface area contributed by atoms with E-state index in [1.54, 1.807) is 12.1 Å². The van der Waals surface area contributed by atoms with Crippen molar-refractivity contribution in [1.82, 2.24) is 15.3 Å². The number of nitrogens with two attached hydrogens (primary N) is 1. The van der Waals surface area contributed by atoms with Crippen LogP contribution in [0.15, 0.2) is 24.5 Å². The Morgan fingerprint density at radius 3 is 2.62 bits per heavy atom. The Bertz CT molecular complexity index is 969. The van der Waals surface area contributed by atoms with Gasteiger partial charge in [0.1, 0.15) is 23.3 Å². The molecule has 1 saturated heterocycles. The number of hydrogen-bond acceptors (Lipinski definition) is 6. The number of nitriles is 1. The number of rotatable bonds is 3. The summed E-state index contributed by atoms with van der Waals surface area (Å²) in [6, 6.07) is 2.73. The summed E-state index contributed by atoms with van der Waals surface area (Å²) in [4.78, 5) is 22.5. The molecule has 0 saturated carbocycles. The number of halogens is 3. The highest BCUT2D eigenvalue weighted by atomic mass is 19.4. The Hall–Kier alpha value is -2.93. The van der Waals surface area contributed by atoms with Gasteiger partial charge in [0.15, 0.2) is 6.04 Å². The van der Waals surface area contributed by atoms with E-state index in [4.69, 9.17) is 5.73 Å². The third-order valence-electron chi connectivity index (χ3n) is 5.05. The molecular formula is C19H21F3N6O. The third-order valence-corrected chi connectivity index (χ3v) is 5.05. The minimum Gasteiger partial charge on any atom is -0.349 e. The quantitative estimate of drug-likeness (QED) is 0.811. The lowest BCUT2D eigenvalue weighted by molar-refractivity contribution is -0.163. The van der Waals surface area contributed by atoms with Gasteiger partial charge in [-0.25, -0.2) is 0 Å². The van der Waals surface area contributed by atoms with Crippen molar-refractivity contribution in [2.24, 2.45) is 11.1 Å².